The van der Waals surface area contributed by atoms with Crippen molar-refractivity contribution in [3.8, 4) is 11.5 Å². The Morgan fingerprint density at radius 2 is 0.936 bits per heavy atom. The van der Waals surface area contributed by atoms with Gasteiger partial charge in [-0.05, 0) is 25.0 Å². The molecule has 0 aliphatic heterocycles. The molecule has 0 radical (unpaired) electrons. The second kappa shape index (κ2) is 31.0. The summed E-state index contributed by atoms with van der Waals surface area (Å²) >= 11 is 0. The number of benzene rings is 1. The molecule has 5 nitrogen and oxygen atoms in total. The summed E-state index contributed by atoms with van der Waals surface area (Å²) in [4.78, 5) is 11.8. The number of unbranched alkanes of at least 4 members (excludes halogenated alkanes) is 26. The zero-order valence-electron chi connectivity index (χ0n) is 30.9. The molecule has 47 heavy (non-hydrogen) atoms. The number of aromatic nitrogens is 2. The largest absolute Gasteiger partial charge is 0.490 e. The first-order valence-corrected chi connectivity index (χ1v) is 20.3. The van der Waals surface area contributed by atoms with E-state index in [9.17, 15) is 0 Å². The summed E-state index contributed by atoms with van der Waals surface area (Å²) in [5.41, 5.74) is 1.74. The van der Waals surface area contributed by atoms with Crippen molar-refractivity contribution in [1.29, 1.82) is 0 Å². The number of aromatic amines is 1. The number of H-pyrrole nitrogens is 1. The zero-order valence-corrected chi connectivity index (χ0v) is 30.9. The zero-order chi connectivity index (χ0) is 33.3. The van der Waals surface area contributed by atoms with Crippen molar-refractivity contribution < 1.29 is 9.47 Å². The van der Waals surface area contributed by atoms with Crippen LogP contribution in [0, 0.1) is 0 Å². The van der Waals surface area contributed by atoms with Crippen molar-refractivity contribution in [3.63, 3.8) is 0 Å². The van der Waals surface area contributed by atoms with E-state index in [4.69, 9.17) is 9.47 Å². The minimum Gasteiger partial charge on any atom is -0.490 e. The molecule has 0 bridgehead atoms. The second-order valence-corrected chi connectivity index (χ2v) is 13.8. The molecule has 0 aliphatic carbocycles. The Morgan fingerprint density at radius 1 is 0.532 bits per heavy atom. The maximum Gasteiger partial charge on any atom is 0.163 e. The molecule has 1 aromatic carbocycles. The van der Waals surface area contributed by atoms with Gasteiger partial charge in [-0.2, -0.15) is 0 Å². The van der Waals surface area contributed by atoms with Gasteiger partial charge in [0.2, 0.25) is 0 Å². The van der Waals surface area contributed by atoms with Crippen molar-refractivity contribution >= 4 is 11.9 Å². The van der Waals surface area contributed by atoms with Crippen LogP contribution in [0.5, 0.6) is 11.5 Å². The SMILES string of the molecule is CCCCCCCCCCCCCCCCOc1ccc(N=Cc2cnc[nH]2)cc1OCCCCCCCCCCCCCCCC. The molecule has 5 heteroatoms. The molecule has 0 amide bonds. The third-order valence-electron chi connectivity index (χ3n) is 9.31. The maximum atomic E-state index is 6.28. The van der Waals surface area contributed by atoms with Gasteiger partial charge < -0.3 is 14.5 Å². The number of imidazole rings is 1. The van der Waals surface area contributed by atoms with E-state index >= 15 is 0 Å². The second-order valence-electron chi connectivity index (χ2n) is 13.8. The lowest BCUT2D eigenvalue weighted by Gasteiger charge is -2.13. The monoisotopic (exact) mass is 652 g/mol. The van der Waals surface area contributed by atoms with Crippen LogP contribution in [0.15, 0.2) is 35.7 Å². The van der Waals surface area contributed by atoms with Crippen LogP contribution in [-0.4, -0.2) is 29.4 Å². The molecule has 0 aliphatic rings. The topological polar surface area (TPSA) is 59.5 Å². The molecule has 0 spiro atoms. The van der Waals surface area contributed by atoms with Crippen LogP contribution in [0.25, 0.3) is 0 Å². The van der Waals surface area contributed by atoms with E-state index in [0.29, 0.717) is 0 Å². The number of rotatable bonds is 34. The van der Waals surface area contributed by atoms with Gasteiger partial charge in [0.15, 0.2) is 11.5 Å². The fraction of sp³-hybridized carbons (Fsp3) is 0.762. The third-order valence-corrected chi connectivity index (χ3v) is 9.31. The van der Waals surface area contributed by atoms with Gasteiger partial charge in [0.25, 0.3) is 0 Å². The van der Waals surface area contributed by atoms with Crippen LogP contribution >= 0.6 is 0 Å². The standard InChI is InChI=1S/C42H73N3O2/c1-3-5-7-9-11-13-15-17-19-21-23-25-27-29-33-46-41-32-31-39(44-37-40-36-43-38-45-40)35-42(41)47-34-30-28-26-24-22-20-18-16-14-12-10-8-6-4-2/h31-32,35-38H,3-30,33-34H2,1-2H3,(H,43,45). The molecular formula is C42H73N3O2. The highest BCUT2D eigenvalue weighted by atomic mass is 16.5. The predicted molar refractivity (Wildman–Crippen MR) is 204 cm³/mol. The molecule has 2 rings (SSSR count). The van der Waals surface area contributed by atoms with Crippen molar-refractivity contribution in [2.24, 2.45) is 4.99 Å². The molecule has 0 atom stereocenters. The first kappa shape index (κ1) is 40.9. The molecule has 1 N–H and O–H groups in total. The van der Waals surface area contributed by atoms with E-state index in [0.717, 1.165) is 48.9 Å². The molecule has 2 aromatic rings. The normalized spacial score (nSPS) is 11.5. The van der Waals surface area contributed by atoms with Crippen molar-refractivity contribution in [2.45, 2.75) is 194 Å². The van der Waals surface area contributed by atoms with Crippen molar-refractivity contribution in [1.82, 2.24) is 9.97 Å². The van der Waals surface area contributed by atoms with E-state index < -0.39 is 0 Å². The van der Waals surface area contributed by atoms with Crippen LogP contribution in [0.1, 0.15) is 199 Å². The summed E-state index contributed by atoms with van der Waals surface area (Å²) in [5.74, 6) is 1.65. The summed E-state index contributed by atoms with van der Waals surface area (Å²) in [7, 11) is 0. The molecule has 268 valence electrons. The van der Waals surface area contributed by atoms with E-state index in [1.807, 2.05) is 18.2 Å². The fourth-order valence-electron chi connectivity index (χ4n) is 6.25. The Hall–Kier alpha value is -2.30. The summed E-state index contributed by atoms with van der Waals surface area (Å²) in [6.45, 7) is 6.05. The van der Waals surface area contributed by atoms with Gasteiger partial charge in [-0.3, -0.25) is 4.99 Å². The molecule has 0 unspecified atom stereocenters. The van der Waals surface area contributed by atoms with Crippen LogP contribution in [0.2, 0.25) is 0 Å². The lowest BCUT2D eigenvalue weighted by molar-refractivity contribution is 0.258. The summed E-state index contributed by atoms with van der Waals surface area (Å²) < 4.78 is 12.5. The van der Waals surface area contributed by atoms with Gasteiger partial charge in [-0.15, -0.1) is 0 Å². The minimum absolute atomic E-state index is 0.723. The molecule has 0 saturated heterocycles. The Balaban J connectivity index is 1.58. The number of nitrogens with zero attached hydrogens (tertiary/aromatic N) is 2. The van der Waals surface area contributed by atoms with E-state index in [1.54, 1.807) is 18.7 Å². The van der Waals surface area contributed by atoms with Crippen LogP contribution in [0.3, 0.4) is 0 Å². The summed E-state index contributed by atoms with van der Waals surface area (Å²) in [6, 6.07) is 6.04. The highest BCUT2D eigenvalue weighted by molar-refractivity contribution is 5.79. The average molecular weight is 652 g/mol. The lowest BCUT2D eigenvalue weighted by Crippen LogP contribution is -2.02. The van der Waals surface area contributed by atoms with Gasteiger partial charge in [-0.25, -0.2) is 4.98 Å². The van der Waals surface area contributed by atoms with Crippen molar-refractivity contribution in [2.75, 3.05) is 13.2 Å². The highest BCUT2D eigenvalue weighted by Gasteiger charge is 2.08. The van der Waals surface area contributed by atoms with E-state index in [2.05, 4.69) is 28.8 Å². The Kier molecular flexibility index (Phi) is 27.0. The number of hydrogen-bond acceptors (Lipinski definition) is 4. The number of ether oxygens (including phenoxy) is 2. The van der Waals surface area contributed by atoms with Crippen molar-refractivity contribution in [3.05, 3.63) is 36.4 Å². The van der Waals surface area contributed by atoms with Gasteiger partial charge in [0, 0.05) is 6.07 Å². The predicted octanol–water partition coefficient (Wildman–Crippen LogP) is 13.9. The molecule has 1 aromatic heterocycles. The minimum atomic E-state index is 0.723. The van der Waals surface area contributed by atoms with Crippen LogP contribution in [-0.2, 0) is 0 Å². The lowest BCUT2D eigenvalue weighted by atomic mass is 10.0. The van der Waals surface area contributed by atoms with Gasteiger partial charge >= 0.3 is 0 Å². The highest BCUT2D eigenvalue weighted by Crippen LogP contribution is 2.32. The molecule has 0 saturated carbocycles. The van der Waals surface area contributed by atoms with Gasteiger partial charge in [0.05, 0.1) is 43.3 Å². The third kappa shape index (κ3) is 23.6. The number of aliphatic imine (C=N–C) groups is 1. The first-order chi connectivity index (χ1) is 23.3. The molecule has 0 fully saturated rings. The molecular weight excluding hydrogens is 578 g/mol. The number of nitrogens with one attached hydrogen (secondary N) is 1. The van der Waals surface area contributed by atoms with Crippen LogP contribution < -0.4 is 9.47 Å². The fourth-order valence-corrected chi connectivity index (χ4v) is 6.25. The van der Waals surface area contributed by atoms with E-state index in [1.165, 1.54) is 167 Å². The van der Waals surface area contributed by atoms with Gasteiger partial charge in [-0.1, -0.05) is 181 Å². The average Bonchev–Trinajstić information content (AvgIpc) is 3.62. The van der Waals surface area contributed by atoms with Gasteiger partial charge in [0.1, 0.15) is 0 Å². The first-order valence-electron chi connectivity index (χ1n) is 20.3. The maximum absolute atomic E-state index is 6.28. The Morgan fingerprint density at radius 3 is 1.34 bits per heavy atom. The van der Waals surface area contributed by atoms with Crippen LogP contribution in [0.4, 0.5) is 5.69 Å². The molecule has 1 heterocycles. The summed E-state index contributed by atoms with van der Waals surface area (Å²) in [5, 5.41) is 0. The van der Waals surface area contributed by atoms with E-state index in [-0.39, 0.29) is 0 Å². The summed E-state index contributed by atoms with van der Waals surface area (Å²) in [6.07, 6.45) is 43.4. The smallest absolute Gasteiger partial charge is 0.163 e. The quantitative estimate of drug-likeness (QED) is 0.0605. The Labute approximate surface area is 290 Å². The Bertz CT molecular complexity index is 959. The number of hydrogen-bond donors (Lipinski definition) is 1.